The predicted molar refractivity (Wildman–Crippen MR) is 85.7 cm³/mol. The summed E-state index contributed by atoms with van der Waals surface area (Å²) in [6, 6.07) is 14.4. The van der Waals surface area contributed by atoms with Crippen LogP contribution in [0.5, 0.6) is 11.5 Å². The fraction of sp³-hybridized carbons (Fsp3) is 0.176. The minimum Gasteiger partial charge on any atom is -0.493 e. The highest BCUT2D eigenvalue weighted by Crippen LogP contribution is 2.27. The number of benzene rings is 2. The van der Waals surface area contributed by atoms with E-state index in [4.69, 9.17) is 9.47 Å². The summed E-state index contributed by atoms with van der Waals surface area (Å²) in [6.07, 6.45) is 1.55. The van der Waals surface area contributed by atoms with Crippen molar-refractivity contribution in [2.45, 2.75) is 6.92 Å². The molecule has 0 aliphatic rings. The lowest BCUT2D eigenvalue weighted by atomic mass is 10.2. The Morgan fingerprint density at radius 3 is 2.64 bits per heavy atom. The van der Waals surface area contributed by atoms with Crippen molar-refractivity contribution in [2.24, 2.45) is 5.10 Å². The van der Waals surface area contributed by atoms with Gasteiger partial charge in [-0.3, -0.25) is 4.79 Å². The normalized spacial score (nSPS) is 10.5. The van der Waals surface area contributed by atoms with Gasteiger partial charge in [-0.2, -0.15) is 5.10 Å². The zero-order chi connectivity index (χ0) is 15.8. The zero-order valence-electron chi connectivity index (χ0n) is 12.6. The van der Waals surface area contributed by atoms with Crippen LogP contribution in [0.25, 0.3) is 0 Å². The minimum absolute atomic E-state index is 0.255. The molecule has 1 N–H and O–H groups in total. The summed E-state index contributed by atoms with van der Waals surface area (Å²) in [5.74, 6) is 1.05. The van der Waals surface area contributed by atoms with Crippen molar-refractivity contribution in [2.75, 3.05) is 13.7 Å². The molecule has 0 heterocycles. The number of hydrazone groups is 1. The second-order valence-electron chi connectivity index (χ2n) is 4.41. The standard InChI is InChI=1S/C17H18N2O3/c1-3-22-15-10-9-13(11-16(15)21-2)12-18-19-17(20)14-7-5-4-6-8-14/h4-12H,3H2,1-2H3,(H,19,20). The van der Waals surface area contributed by atoms with Crippen molar-refractivity contribution in [1.82, 2.24) is 5.43 Å². The molecule has 0 radical (unpaired) electrons. The van der Waals surface area contributed by atoms with Crippen molar-refractivity contribution in [3.05, 3.63) is 59.7 Å². The number of amides is 1. The van der Waals surface area contributed by atoms with Crippen LogP contribution >= 0.6 is 0 Å². The van der Waals surface area contributed by atoms with Crippen LogP contribution in [0.4, 0.5) is 0 Å². The molecule has 0 aliphatic carbocycles. The number of rotatable bonds is 6. The van der Waals surface area contributed by atoms with Gasteiger partial charge in [-0.05, 0) is 42.8 Å². The van der Waals surface area contributed by atoms with Crippen molar-refractivity contribution in [3.63, 3.8) is 0 Å². The summed E-state index contributed by atoms with van der Waals surface area (Å²) in [5, 5.41) is 3.95. The van der Waals surface area contributed by atoms with Crippen LogP contribution in [0.2, 0.25) is 0 Å². The van der Waals surface area contributed by atoms with E-state index in [1.165, 1.54) is 0 Å². The summed E-state index contributed by atoms with van der Waals surface area (Å²) in [7, 11) is 1.58. The third kappa shape index (κ3) is 4.09. The van der Waals surface area contributed by atoms with Gasteiger partial charge in [-0.1, -0.05) is 18.2 Å². The lowest BCUT2D eigenvalue weighted by molar-refractivity contribution is 0.0955. The molecule has 0 aliphatic heterocycles. The first-order chi connectivity index (χ1) is 10.7. The molecule has 0 atom stereocenters. The van der Waals surface area contributed by atoms with E-state index in [0.29, 0.717) is 23.7 Å². The maximum atomic E-state index is 11.8. The van der Waals surface area contributed by atoms with Gasteiger partial charge in [0, 0.05) is 5.56 Å². The smallest absolute Gasteiger partial charge is 0.271 e. The van der Waals surface area contributed by atoms with Crippen LogP contribution in [0.15, 0.2) is 53.6 Å². The average molecular weight is 298 g/mol. The summed E-state index contributed by atoms with van der Waals surface area (Å²) in [5.41, 5.74) is 3.84. The number of methoxy groups -OCH3 is 1. The molecule has 0 fully saturated rings. The maximum absolute atomic E-state index is 11.8. The fourth-order valence-corrected chi connectivity index (χ4v) is 1.86. The summed E-state index contributed by atoms with van der Waals surface area (Å²) < 4.78 is 10.7. The van der Waals surface area contributed by atoms with Crippen molar-refractivity contribution >= 4 is 12.1 Å². The van der Waals surface area contributed by atoms with E-state index < -0.39 is 0 Å². The first kappa shape index (κ1) is 15.6. The number of nitrogens with one attached hydrogen (secondary N) is 1. The quantitative estimate of drug-likeness (QED) is 0.659. The van der Waals surface area contributed by atoms with E-state index in [1.807, 2.05) is 25.1 Å². The van der Waals surface area contributed by atoms with Crippen LogP contribution < -0.4 is 14.9 Å². The Bertz CT molecular complexity index is 654. The molecule has 0 spiro atoms. The molecule has 1 amide bonds. The summed E-state index contributed by atoms with van der Waals surface area (Å²) in [6.45, 7) is 2.48. The molecule has 2 aromatic rings. The Labute approximate surface area is 129 Å². The van der Waals surface area contributed by atoms with E-state index in [0.717, 1.165) is 5.56 Å². The van der Waals surface area contributed by atoms with Crippen molar-refractivity contribution < 1.29 is 14.3 Å². The van der Waals surface area contributed by atoms with Crippen LogP contribution in [-0.2, 0) is 0 Å². The highest BCUT2D eigenvalue weighted by atomic mass is 16.5. The zero-order valence-corrected chi connectivity index (χ0v) is 12.6. The van der Waals surface area contributed by atoms with E-state index in [9.17, 15) is 4.79 Å². The van der Waals surface area contributed by atoms with Crippen LogP contribution in [-0.4, -0.2) is 25.8 Å². The maximum Gasteiger partial charge on any atom is 0.271 e. The highest BCUT2D eigenvalue weighted by Gasteiger charge is 2.05. The molecule has 0 saturated carbocycles. The number of hydrogen-bond donors (Lipinski definition) is 1. The molecule has 2 rings (SSSR count). The fourth-order valence-electron chi connectivity index (χ4n) is 1.86. The van der Waals surface area contributed by atoms with Crippen molar-refractivity contribution in [1.29, 1.82) is 0 Å². The lowest BCUT2D eigenvalue weighted by Gasteiger charge is -2.09. The SMILES string of the molecule is CCOc1ccc(C=NNC(=O)c2ccccc2)cc1OC. The van der Waals surface area contributed by atoms with E-state index in [-0.39, 0.29) is 5.91 Å². The Hall–Kier alpha value is -2.82. The molecule has 5 nitrogen and oxygen atoms in total. The van der Waals surface area contributed by atoms with E-state index in [1.54, 1.807) is 43.7 Å². The Morgan fingerprint density at radius 2 is 1.95 bits per heavy atom. The third-order valence-electron chi connectivity index (χ3n) is 2.90. The summed E-state index contributed by atoms with van der Waals surface area (Å²) >= 11 is 0. The molecule has 22 heavy (non-hydrogen) atoms. The van der Waals surface area contributed by atoms with Gasteiger partial charge in [-0.25, -0.2) is 5.43 Å². The van der Waals surface area contributed by atoms with Gasteiger partial charge < -0.3 is 9.47 Å². The Kier molecular flexibility index (Phi) is 5.54. The molecule has 0 saturated heterocycles. The van der Waals surface area contributed by atoms with Gasteiger partial charge in [0.2, 0.25) is 0 Å². The molecule has 0 bridgehead atoms. The number of carbonyl (C=O) groups is 1. The molecule has 0 aromatic heterocycles. The van der Waals surface area contributed by atoms with Gasteiger partial charge >= 0.3 is 0 Å². The first-order valence-electron chi connectivity index (χ1n) is 6.94. The van der Waals surface area contributed by atoms with Crippen molar-refractivity contribution in [3.8, 4) is 11.5 Å². The predicted octanol–water partition coefficient (Wildman–Crippen LogP) is 2.86. The van der Waals surface area contributed by atoms with E-state index in [2.05, 4.69) is 10.5 Å². The van der Waals surface area contributed by atoms with Crippen LogP contribution in [0.1, 0.15) is 22.8 Å². The third-order valence-corrected chi connectivity index (χ3v) is 2.90. The highest BCUT2D eigenvalue weighted by molar-refractivity contribution is 5.94. The largest absolute Gasteiger partial charge is 0.493 e. The van der Waals surface area contributed by atoms with E-state index >= 15 is 0 Å². The second-order valence-corrected chi connectivity index (χ2v) is 4.41. The first-order valence-corrected chi connectivity index (χ1v) is 6.94. The number of hydrogen-bond acceptors (Lipinski definition) is 4. The molecule has 0 unspecified atom stereocenters. The monoisotopic (exact) mass is 298 g/mol. The number of carbonyl (C=O) groups excluding carboxylic acids is 1. The number of ether oxygens (including phenoxy) is 2. The Balaban J connectivity index is 2.02. The van der Waals surface area contributed by atoms with Gasteiger partial charge in [0.25, 0.3) is 5.91 Å². The topological polar surface area (TPSA) is 59.9 Å². The molecule has 5 heteroatoms. The molecule has 2 aromatic carbocycles. The molecule has 114 valence electrons. The van der Waals surface area contributed by atoms with Crippen LogP contribution in [0.3, 0.4) is 0 Å². The van der Waals surface area contributed by atoms with Gasteiger partial charge in [0.05, 0.1) is 19.9 Å². The summed E-state index contributed by atoms with van der Waals surface area (Å²) in [4.78, 5) is 11.8. The molecular formula is C17H18N2O3. The number of nitrogens with zero attached hydrogens (tertiary/aromatic N) is 1. The minimum atomic E-state index is -0.255. The average Bonchev–Trinajstić information content (AvgIpc) is 2.57. The lowest BCUT2D eigenvalue weighted by Crippen LogP contribution is -2.17. The Morgan fingerprint density at radius 1 is 1.18 bits per heavy atom. The molecular weight excluding hydrogens is 280 g/mol. The second kappa shape index (κ2) is 7.83. The van der Waals surface area contributed by atoms with Gasteiger partial charge in [-0.15, -0.1) is 0 Å². The van der Waals surface area contributed by atoms with Gasteiger partial charge in [0.1, 0.15) is 0 Å². The van der Waals surface area contributed by atoms with Crippen LogP contribution in [0, 0.1) is 0 Å². The van der Waals surface area contributed by atoms with Gasteiger partial charge in [0.15, 0.2) is 11.5 Å².